The summed E-state index contributed by atoms with van der Waals surface area (Å²) in [6.07, 6.45) is 7.31. The number of halogens is 1. The minimum Gasteiger partial charge on any atom is -0.352 e. The Morgan fingerprint density at radius 2 is 1.85 bits per heavy atom. The van der Waals surface area contributed by atoms with Gasteiger partial charge >= 0.3 is 0 Å². The fourth-order valence-corrected chi connectivity index (χ4v) is 3.39. The van der Waals surface area contributed by atoms with E-state index in [1.54, 1.807) is 0 Å². The van der Waals surface area contributed by atoms with Gasteiger partial charge in [-0.05, 0) is 51.7 Å². The summed E-state index contributed by atoms with van der Waals surface area (Å²) in [6.45, 7) is 4.97. The minimum atomic E-state index is 0. The second-order valence-electron chi connectivity index (χ2n) is 6.33. The topological polar surface area (TPSA) is 44.4 Å². The maximum absolute atomic E-state index is 12.1. The van der Waals surface area contributed by atoms with E-state index >= 15 is 0 Å². The molecule has 1 aliphatic carbocycles. The zero-order chi connectivity index (χ0) is 13.7. The van der Waals surface area contributed by atoms with Crippen LogP contribution in [0.4, 0.5) is 0 Å². The van der Waals surface area contributed by atoms with Gasteiger partial charge in [-0.3, -0.25) is 9.69 Å². The number of rotatable bonds is 4. The second-order valence-corrected chi connectivity index (χ2v) is 6.33. The molecule has 2 fully saturated rings. The molecular weight excluding hydrogens is 274 g/mol. The lowest BCUT2D eigenvalue weighted by atomic mass is 9.86. The SMILES string of the molecule is CC1CCCCC1NC(=O)CN(C)C1CCNCC1.Cl. The quantitative estimate of drug-likeness (QED) is 0.832. The number of hydrogen-bond acceptors (Lipinski definition) is 3. The van der Waals surface area contributed by atoms with Crippen LogP contribution in [0.2, 0.25) is 0 Å². The van der Waals surface area contributed by atoms with Crippen molar-refractivity contribution in [3.63, 3.8) is 0 Å². The van der Waals surface area contributed by atoms with Crippen LogP contribution in [0, 0.1) is 5.92 Å². The summed E-state index contributed by atoms with van der Waals surface area (Å²) < 4.78 is 0. The smallest absolute Gasteiger partial charge is 0.234 e. The third kappa shape index (κ3) is 5.23. The molecule has 0 aromatic heterocycles. The van der Waals surface area contributed by atoms with E-state index in [1.165, 1.54) is 19.3 Å². The molecule has 0 radical (unpaired) electrons. The number of carbonyl (C=O) groups is 1. The molecule has 2 N–H and O–H groups in total. The molecule has 1 amide bonds. The normalized spacial score (nSPS) is 27.9. The first kappa shape index (κ1) is 17.7. The van der Waals surface area contributed by atoms with Crippen LogP contribution in [0.3, 0.4) is 0 Å². The van der Waals surface area contributed by atoms with Crippen LogP contribution in [0.25, 0.3) is 0 Å². The Morgan fingerprint density at radius 1 is 1.20 bits per heavy atom. The van der Waals surface area contributed by atoms with Crippen molar-refractivity contribution in [1.82, 2.24) is 15.5 Å². The van der Waals surface area contributed by atoms with Crippen molar-refractivity contribution in [3.8, 4) is 0 Å². The van der Waals surface area contributed by atoms with E-state index in [1.807, 2.05) is 0 Å². The second kappa shape index (κ2) is 8.85. The number of amides is 1. The van der Waals surface area contributed by atoms with E-state index in [4.69, 9.17) is 0 Å². The zero-order valence-electron chi connectivity index (χ0n) is 12.9. The van der Waals surface area contributed by atoms with Crippen molar-refractivity contribution in [1.29, 1.82) is 0 Å². The van der Waals surface area contributed by atoms with Crippen LogP contribution >= 0.6 is 12.4 Å². The van der Waals surface area contributed by atoms with E-state index in [-0.39, 0.29) is 18.3 Å². The van der Waals surface area contributed by atoms with Gasteiger partial charge in [-0.25, -0.2) is 0 Å². The zero-order valence-corrected chi connectivity index (χ0v) is 13.7. The molecule has 0 spiro atoms. The first-order valence-corrected chi connectivity index (χ1v) is 7.87. The number of nitrogens with one attached hydrogen (secondary N) is 2. The van der Waals surface area contributed by atoms with Gasteiger partial charge < -0.3 is 10.6 Å². The van der Waals surface area contributed by atoms with Crippen LogP contribution in [-0.2, 0) is 4.79 Å². The molecule has 1 heterocycles. The largest absolute Gasteiger partial charge is 0.352 e. The van der Waals surface area contributed by atoms with E-state index in [0.717, 1.165) is 32.4 Å². The van der Waals surface area contributed by atoms with Crippen molar-refractivity contribution >= 4 is 18.3 Å². The van der Waals surface area contributed by atoms with Crippen molar-refractivity contribution in [2.24, 2.45) is 5.92 Å². The summed E-state index contributed by atoms with van der Waals surface area (Å²) in [4.78, 5) is 14.4. The first-order chi connectivity index (χ1) is 9.16. The average molecular weight is 304 g/mol. The summed E-state index contributed by atoms with van der Waals surface area (Å²) in [7, 11) is 2.08. The molecule has 2 rings (SSSR count). The van der Waals surface area contributed by atoms with E-state index in [9.17, 15) is 4.79 Å². The molecule has 20 heavy (non-hydrogen) atoms. The lowest BCUT2D eigenvalue weighted by Gasteiger charge is -2.33. The van der Waals surface area contributed by atoms with E-state index in [2.05, 4.69) is 29.5 Å². The average Bonchev–Trinajstić information content (AvgIpc) is 2.42. The highest BCUT2D eigenvalue weighted by atomic mass is 35.5. The third-order valence-corrected chi connectivity index (χ3v) is 4.78. The Kier molecular flexibility index (Phi) is 7.85. The highest BCUT2D eigenvalue weighted by molar-refractivity contribution is 5.85. The van der Waals surface area contributed by atoms with Crippen molar-refractivity contribution in [2.45, 2.75) is 57.5 Å². The lowest BCUT2D eigenvalue weighted by Crippen LogP contribution is -2.48. The fraction of sp³-hybridized carbons (Fsp3) is 0.933. The summed E-state index contributed by atoms with van der Waals surface area (Å²) in [6, 6.07) is 0.971. The summed E-state index contributed by atoms with van der Waals surface area (Å²) in [5.41, 5.74) is 0. The number of hydrogen-bond donors (Lipinski definition) is 2. The molecule has 0 aromatic rings. The third-order valence-electron chi connectivity index (χ3n) is 4.78. The highest BCUT2D eigenvalue weighted by Crippen LogP contribution is 2.23. The Bertz CT molecular complexity index is 295. The predicted octanol–water partition coefficient (Wildman–Crippen LogP) is 1.79. The number of likely N-dealkylation sites (N-methyl/N-ethyl adjacent to an activating group) is 1. The van der Waals surface area contributed by atoms with Gasteiger partial charge in [0.15, 0.2) is 0 Å². The van der Waals surface area contributed by atoms with Gasteiger partial charge in [-0.2, -0.15) is 0 Å². The molecule has 2 aliphatic rings. The van der Waals surface area contributed by atoms with E-state index < -0.39 is 0 Å². The lowest BCUT2D eigenvalue weighted by molar-refractivity contribution is -0.123. The molecule has 2 unspecified atom stereocenters. The summed E-state index contributed by atoms with van der Waals surface area (Å²) in [5.74, 6) is 0.849. The molecule has 4 nitrogen and oxygen atoms in total. The molecular formula is C15H30ClN3O. The minimum absolute atomic E-state index is 0. The molecule has 1 saturated carbocycles. The van der Waals surface area contributed by atoms with Gasteiger partial charge in [-0.15, -0.1) is 12.4 Å². The fourth-order valence-electron chi connectivity index (χ4n) is 3.39. The van der Waals surface area contributed by atoms with Crippen molar-refractivity contribution < 1.29 is 4.79 Å². The Labute approximate surface area is 129 Å². The number of nitrogens with zero attached hydrogens (tertiary/aromatic N) is 1. The van der Waals surface area contributed by atoms with Gasteiger partial charge in [0.05, 0.1) is 6.54 Å². The van der Waals surface area contributed by atoms with Gasteiger partial charge in [0.25, 0.3) is 0 Å². The van der Waals surface area contributed by atoms with Crippen LogP contribution in [0.15, 0.2) is 0 Å². The Balaban J connectivity index is 0.00000200. The molecule has 1 aliphatic heterocycles. The Morgan fingerprint density at radius 3 is 2.50 bits per heavy atom. The highest BCUT2D eigenvalue weighted by Gasteiger charge is 2.24. The number of carbonyl (C=O) groups excluding carboxylic acids is 1. The summed E-state index contributed by atoms with van der Waals surface area (Å²) >= 11 is 0. The molecule has 5 heteroatoms. The number of piperidine rings is 1. The molecule has 1 saturated heterocycles. The summed E-state index contributed by atoms with van der Waals surface area (Å²) in [5, 5.41) is 6.61. The van der Waals surface area contributed by atoms with Crippen LogP contribution in [-0.4, -0.2) is 49.6 Å². The van der Waals surface area contributed by atoms with Gasteiger partial charge in [0, 0.05) is 12.1 Å². The molecule has 118 valence electrons. The van der Waals surface area contributed by atoms with E-state index in [0.29, 0.717) is 24.5 Å². The van der Waals surface area contributed by atoms with Crippen molar-refractivity contribution in [3.05, 3.63) is 0 Å². The molecule has 0 bridgehead atoms. The standard InChI is InChI=1S/C15H29N3O.ClH/c1-12-5-3-4-6-14(12)17-15(19)11-18(2)13-7-9-16-10-8-13;/h12-14,16H,3-11H2,1-2H3,(H,17,19);1H. The van der Waals surface area contributed by atoms with Gasteiger partial charge in [0.2, 0.25) is 5.91 Å². The Hall–Kier alpha value is -0.320. The maximum Gasteiger partial charge on any atom is 0.234 e. The molecule has 2 atom stereocenters. The van der Waals surface area contributed by atoms with Gasteiger partial charge in [-0.1, -0.05) is 19.8 Å². The maximum atomic E-state index is 12.1. The van der Waals surface area contributed by atoms with Crippen LogP contribution < -0.4 is 10.6 Å². The van der Waals surface area contributed by atoms with Crippen LogP contribution in [0.5, 0.6) is 0 Å². The predicted molar refractivity (Wildman–Crippen MR) is 85.3 cm³/mol. The van der Waals surface area contributed by atoms with Crippen LogP contribution in [0.1, 0.15) is 45.4 Å². The first-order valence-electron chi connectivity index (χ1n) is 7.87. The monoisotopic (exact) mass is 303 g/mol. The van der Waals surface area contributed by atoms with Crippen molar-refractivity contribution in [2.75, 3.05) is 26.7 Å². The van der Waals surface area contributed by atoms with Gasteiger partial charge in [0.1, 0.15) is 0 Å². The molecule has 0 aromatic carbocycles.